The molecule has 0 atom stereocenters. The molecule has 12 heavy (non-hydrogen) atoms. The molecule has 0 saturated heterocycles. The van der Waals surface area contributed by atoms with Crippen molar-refractivity contribution in [2.75, 3.05) is 0 Å². The summed E-state index contributed by atoms with van der Waals surface area (Å²) in [6.07, 6.45) is 0. The van der Waals surface area contributed by atoms with Gasteiger partial charge in [-0.25, -0.2) is 4.39 Å². The molecule has 0 aliphatic carbocycles. The third kappa shape index (κ3) is 1.51. The van der Waals surface area contributed by atoms with Gasteiger partial charge < -0.3 is 0 Å². The van der Waals surface area contributed by atoms with E-state index in [1.165, 1.54) is 0 Å². The monoisotopic (exact) mass is 246 g/mol. The summed E-state index contributed by atoms with van der Waals surface area (Å²) in [7, 11) is 0. The Hall–Kier alpha value is 0.310. The molecule has 0 N–H and O–H groups in total. The minimum Gasteiger partial charge on any atom is -0.204 e. The summed E-state index contributed by atoms with van der Waals surface area (Å²) in [4.78, 5) is 0. The lowest BCUT2D eigenvalue weighted by atomic mass is 10.2. The molecule has 0 amide bonds. The molecule has 0 heterocycles. The molecule has 5 heteroatoms. The van der Waals surface area contributed by atoms with Crippen LogP contribution in [0.25, 0.3) is 0 Å². The van der Waals surface area contributed by atoms with Crippen LogP contribution in [0.3, 0.4) is 0 Å². The van der Waals surface area contributed by atoms with Gasteiger partial charge in [0.25, 0.3) is 0 Å². The molecule has 0 bridgehead atoms. The maximum Gasteiger partial charge on any atom is 0.162 e. The minimum atomic E-state index is -0.731. The van der Waals surface area contributed by atoms with Crippen LogP contribution in [0.2, 0.25) is 20.1 Å². The van der Waals surface area contributed by atoms with E-state index in [0.29, 0.717) is 5.56 Å². The van der Waals surface area contributed by atoms with Crippen molar-refractivity contribution in [1.29, 1.82) is 0 Å². The highest BCUT2D eigenvalue weighted by atomic mass is 35.5. The average Bonchev–Trinajstić information content (AvgIpc) is 2.08. The molecule has 0 aliphatic rings. The number of hydrogen-bond acceptors (Lipinski definition) is 0. The Morgan fingerprint density at radius 1 is 0.833 bits per heavy atom. The SMILES string of the molecule is Cc1c(Cl)c(F)c(Cl)c(Cl)c1Cl. The van der Waals surface area contributed by atoms with Crippen molar-refractivity contribution in [2.24, 2.45) is 0 Å². The third-order valence-electron chi connectivity index (χ3n) is 1.43. The average molecular weight is 248 g/mol. The zero-order valence-corrected chi connectivity index (χ0v) is 8.91. The zero-order chi connectivity index (χ0) is 9.46. The largest absolute Gasteiger partial charge is 0.204 e. The lowest BCUT2D eigenvalue weighted by molar-refractivity contribution is 0.627. The topological polar surface area (TPSA) is 0 Å². The summed E-state index contributed by atoms with van der Waals surface area (Å²) in [5, 5.41) is -0.141. The van der Waals surface area contributed by atoms with Crippen LogP contribution in [0.4, 0.5) is 4.39 Å². The highest BCUT2D eigenvalue weighted by Crippen LogP contribution is 2.39. The first-order valence-electron chi connectivity index (χ1n) is 2.94. The Bertz CT molecular complexity index is 230. The van der Waals surface area contributed by atoms with Gasteiger partial charge in [-0.1, -0.05) is 46.4 Å². The summed E-state index contributed by atoms with van der Waals surface area (Å²) in [6, 6.07) is 0. The van der Waals surface area contributed by atoms with Crippen LogP contribution in [0.15, 0.2) is 0 Å². The van der Waals surface area contributed by atoms with E-state index in [0.717, 1.165) is 0 Å². The molecule has 0 aliphatic heterocycles. The van der Waals surface area contributed by atoms with Crippen LogP contribution in [-0.2, 0) is 0 Å². The van der Waals surface area contributed by atoms with E-state index < -0.39 is 5.82 Å². The molecule has 0 unspecified atom stereocenters. The first-order valence-corrected chi connectivity index (χ1v) is 4.46. The molecular formula is C7H3Cl4F. The molecule has 1 rings (SSSR count). The zero-order valence-electron chi connectivity index (χ0n) is 5.89. The van der Waals surface area contributed by atoms with Crippen molar-refractivity contribution >= 4 is 46.4 Å². The fourth-order valence-electron chi connectivity index (χ4n) is 0.715. The molecule has 0 aromatic heterocycles. The van der Waals surface area contributed by atoms with Crippen LogP contribution >= 0.6 is 46.4 Å². The standard InChI is InChI=1S/C7H3Cl4F/c1-2-3(8)5(10)6(11)7(12)4(2)9/h1H3. The van der Waals surface area contributed by atoms with E-state index in [4.69, 9.17) is 46.4 Å². The second kappa shape index (κ2) is 3.59. The van der Waals surface area contributed by atoms with Crippen LogP contribution in [0, 0.1) is 12.7 Å². The molecule has 0 saturated carbocycles. The van der Waals surface area contributed by atoms with Gasteiger partial charge in [-0.2, -0.15) is 0 Å². The van der Waals surface area contributed by atoms with E-state index in [9.17, 15) is 4.39 Å². The van der Waals surface area contributed by atoms with E-state index >= 15 is 0 Å². The fraction of sp³-hybridized carbons (Fsp3) is 0.143. The third-order valence-corrected chi connectivity index (χ3v) is 3.28. The molecule has 0 spiro atoms. The van der Waals surface area contributed by atoms with Crippen LogP contribution in [-0.4, -0.2) is 0 Å². The second-order valence-corrected chi connectivity index (χ2v) is 3.71. The van der Waals surface area contributed by atoms with Gasteiger partial charge in [-0.05, 0) is 12.5 Å². The summed E-state index contributed by atoms with van der Waals surface area (Å²) in [6.45, 7) is 1.57. The van der Waals surface area contributed by atoms with Crippen molar-refractivity contribution in [3.8, 4) is 0 Å². The van der Waals surface area contributed by atoms with Crippen molar-refractivity contribution in [1.82, 2.24) is 0 Å². The highest BCUT2D eigenvalue weighted by molar-refractivity contribution is 6.49. The van der Waals surface area contributed by atoms with Crippen LogP contribution in [0.1, 0.15) is 5.56 Å². The molecule has 1 aromatic carbocycles. The predicted octanol–water partition coefficient (Wildman–Crippen LogP) is 4.75. The van der Waals surface area contributed by atoms with Crippen molar-refractivity contribution in [3.63, 3.8) is 0 Å². The van der Waals surface area contributed by atoms with Gasteiger partial charge in [0, 0.05) is 0 Å². The fourth-order valence-corrected chi connectivity index (χ4v) is 1.65. The normalized spacial score (nSPS) is 10.5. The van der Waals surface area contributed by atoms with Crippen LogP contribution in [0.5, 0.6) is 0 Å². The van der Waals surface area contributed by atoms with Crippen LogP contribution < -0.4 is 0 Å². The van der Waals surface area contributed by atoms with E-state index in [2.05, 4.69) is 0 Å². The van der Waals surface area contributed by atoms with Gasteiger partial charge in [-0.15, -0.1) is 0 Å². The van der Waals surface area contributed by atoms with Crippen molar-refractivity contribution in [3.05, 3.63) is 31.5 Å². The summed E-state index contributed by atoms with van der Waals surface area (Å²) >= 11 is 22.3. The molecule has 0 radical (unpaired) electrons. The number of benzene rings is 1. The molecule has 0 fully saturated rings. The Kier molecular flexibility index (Phi) is 3.11. The summed E-state index contributed by atoms with van der Waals surface area (Å²) in [5.74, 6) is -0.731. The van der Waals surface area contributed by atoms with Gasteiger partial charge in [0.05, 0.1) is 20.1 Å². The first kappa shape index (κ1) is 10.4. The molecule has 66 valence electrons. The van der Waals surface area contributed by atoms with Crippen molar-refractivity contribution in [2.45, 2.75) is 6.92 Å². The summed E-state index contributed by atoms with van der Waals surface area (Å²) in [5.41, 5.74) is 0.394. The van der Waals surface area contributed by atoms with E-state index in [-0.39, 0.29) is 20.1 Å². The van der Waals surface area contributed by atoms with Gasteiger partial charge in [0.2, 0.25) is 0 Å². The number of rotatable bonds is 0. The molecule has 0 nitrogen and oxygen atoms in total. The molecular weight excluding hydrogens is 245 g/mol. The Balaban J connectivity index is 3.60. The Morgan fingerprint density at radius 2 is 1.33 bits per heavy atom. The van der Waals surface area contributed by atoms with Gasteiger partial charge >= 0.3 is 0 Å². The van der Waals surface area contributed by atoms with Gasteiger partial charge in [-0.3, -0.25) is 0 Å². The Morgan fingerprint density at radius 3 is 1.83 bits per heavy atom. The lowest BCUT2D eigenvalue weighted by Crippen LogP contribution is -1.87. The second-order valence-electron chi connectivity index (χ2n) is 2.19. The summed E-state index contributed by atoms with van der Waals surface area (Å²) < 4.78 is 13.0. The maximum atomic E-state index is 13.0. The van der Waals surface area contributed by atoms with Crippen molar-refractivity contribution < 1.29 is 4.39 Å². The predicted molar refractivity (Wildman–Crippen MR) is 51.2 cm³/mol. The van der Waals surface area contributed by atoms with Gasteiger partial charge in [0.15, 0.2) is 5.82 Å². The smallest absolute Gasteiger partial charge is 0.162 e. The quantitative estimate of drug-likeness (QED) is 0.459. The molecule has 1 aromatic rings. The number of halogens is 5. The maximum absolute atomic E-state index is 13.0. The Labute approximate surface area is 89.2 Å². The lowest BCUT2D eigenvalue weighted by Gasteiger charge is -2.06. The van der Waals surface area contributed by atoms with E-state index in [1.54, 1.807) is 6.92 Å². The van der Waals surface area contributed by atoms with E-state index in [1.807, 2.05) is 0 Å². The number of hydrogen-bond donors (Lipinski definition) is 0. The minimum absolute atomic E-state index is 0.00210. The van der Waals surface area contributed by atoms with Gasteiger partial charge in [0.1, 0.15) is 0 Å². The highest BCUT2D eigenvalue weighted by Gasteiger charge is 2.17. The first-order chi connectivity index (χ1) is 5.46.